The Labute approximate surface area is 101 Å². The molecule has 0 heterocycles. The Hall–Kier alpha value is -0.680. The predicted molar refractivity (Wildman–Crippen MR) is 60.3 cm³/mol. The normalized spacial score (nSPS) is 18.2. The molecule has 0 unspecified atom stereocenters. The second-order valence-corrected chi connectivity index (χ2v) is 5.07. The first-order valence-electron chi connectivity index (χ1n) is 5.09. The van der Waals surface area contributed by atoms with Crippen LogP contribution in [0.4, 0.5) is 8.78 Å². The van der Waals surface area contributed by atoms with E-state index in [9.17, 15) is 13.9 Å². The van der Waals surface area contributed by atoms with Gasteiger partial charge in [0, 0.05) is 12.0 Å². The molecule has 1 aliphatic carbocycles. The van der Waals surface area contributed by atoms with Crippen LogP contribution in [0.15, 0.2) is 10.5 Å². The summed E-state index contributed by atoms with van der Waals surface area (Å²) in [5, 5.41) is 9.25. The number of hydrogen-bond donors (Lipinski definition) is 2. The Morgan fingerprint density at radius 3 is 2.44 bits per heavy atom. The molecule has 1 aliphatic rings. The highest BCUT2D eigenvalue weighted by Crippen LogP contribution is 2.46. The van der Waals surface area contributed by atoms with Crippen LogP contribution in [-0.4, -0.2) is 11.7 Å². The van der Waals surface area contributed by atoms with E-state index in [4.69, 9.17) is 5.73 Å². The molecule has 5 heteroatoms. The van der Waals surface area contributed by atoms with E-state index in [1.807, 2.05) is 0 Å². The lowest BCUT2D eigenvalue weighted by Crippen LogP contribution is -2.42. The topological polar surface area (TPSA) is 46.2 Å². The Bertz CT molecular complexity index is 427. The fourth-order valence-corrected chi connectivity index (χ4v) is 2.56. The zero-order valence-corrected chi connectivity index (χ0v) is 10.2. The van der Waals surface area contributed by atoms with Gasteiger partial charge in [-0.05, 0) is 40.4 Å². The number of halogens is 3. The largest absolute Gasteiger partial charge is 0.504 e. The van der Waals surface area contributed by atoms with Crippen LogP contribution in [0.5, 0.6) is 5.75 Å². The highest BCUT2D eigenvalue weighted by atomic mass is 79.9. The van der Waals surface area contributed by atoms with Gasteiger partial charge >= 0.3 is 0 Å². The summed E-state index contributed by atoms with van der Waals surface area (Å²) in [4.78, 5) is 0. The molecular formula is C11H12BrF2NO. The summed E-state index contributed by atoms with van der Waals surface area (Å²) in [6.45, 7) is 0.292. The zero-order chi connectivity index (χ0) is 11.9. The van der Waals surface area contributed by atoms with E-state index in [1.165, 1.54) is 6.07 Å². The standard InChI is InChI=1S/C11H12BrF2NO/c12-7-4-6(8(13)9(14)10(7)16)11(5-15)2-1-3-11/h4,16H,1-3,5,15H2. The highest BCUT2D eigenvalue weighted by Gasteiger charge is 2.40. The van der Waals surface area contributed by atoms with Gasteiger partial charge in [0.05, 0.1) is 4.47 Å². The van der Waals surface area contributed by atoms with E-state index in [-0.39, 0.29) is 10.0 Å². The maximum atomic E-state index is 13.7. The highest BCUT2D eigenvalue weighted by molar-refractivity contribution is 9.10. The van der Waals surface area contributed by atoms with Crippen LogP contribution in [0.25, 0.3) is 0 Å². The van der Waals surface area contributed by atoms with Gasteiger partial charge in [-0.25, -0.2) is 4.39 Å². The van der Waals surface area contributed by atoms with Crippen LogP contribution in [-0.2, 0) is 5.41 Å². The predicted octanol–water partition coefficient (Wildman–Crippen LogP) is 2.81. The van der Waals surface area contributed by atoms with E-state index in [0.717, 1.165) is 19.3 Å². The third-order valence-corrected chi connectivity index (χ3v) is 4.01. The van der Waals surface area contributed by atoms with Gasteiger partial charge in [0.25, 0.3) is 0 Å². The van der Waals surface area contributed by atoms with Gasteiger partial charge in [-0.15, -0.1) is 0 Å². The molecule has 0 aliphatic heterocycles. The van der Waals surface area contributed by atoms with E-state index in [2.05, 4.69) is 15.9 Å². The van der Waals surface area contributed by atoms with E-state index in [0.29, 0.717) is 6.54 Å². The lowest BCUT2D eigenvalue weighted by atomic mass is 9.64. The summed E-state index contributed by atoms with van der Waals surface area (Å²) in [6.07, 6.45) is 2.49. The summed E-state index contributed by atoms with van der Waals surface area (Å²) < 4.78 is 27.3. The van der Waals surface area contributed by atoms with Crippen LogP contribution in [0.1, 0.15) is 24.8 Å². The first-order chi connectivity index (χ1) is 7.52. The Kier molecular flexibility index (Phi) is 2.92. The van der Waals surface area contributed by atoms with E-state index in [1.54, 1.807) is 0 Å². The maximum Gasteiger partial charge on any atom is 0.201 e. The van der Waals surface area contributed by atoms with Crippen LogP contribution in [0, 0.1) is 11.6 Å². The Morgan fingerprint density at radius 1 is 1.38 bits per heavy atom. The molecular weight excluding hydrogens is 280 g/mol. The number of phenolic OH excluding ortho intramolecular Hbond substituents is 1. The van der Waals surface area contributed by atoms with Crippen molar-refractivity contribution in [1.29, 1.82) is 0 Å². The summed E-state index contributed by atoms with van der Waals surface area (Å²) in [5.74, 6) is -2.87. The number of hydrogen-bond acceptors (Lipinski definition) is 2. The van der Waals surface area contributed by atoms with Crippen LogP contribution < -0.4 is 5.73 Å². The molecule has 0 radical (unpaired) electrons. The van der Waals surface area contributed by atoms with Gasteiger partial charge in [0.1, 0.15) is 0 Å². The van der Waals surface area contributed by atoms with Crippen molar-refractivity contribution in [2.45, 2.75) is 24.7 Å². The van der Waals surface area contributed by atoms with Crippen molar-refractivity contribution in [1.82, 2.24) is 0 Å². The number of rotatable bonds is 2. The second-order valence-electron chi connectivity index (χ2n) is 4.22. The van der Waals surface area contributed by atoms with Crippen molar-refractivity contribution in [3.63, 3.8) is 0 Å². The van der Waals surface area contributed by atoms with E-state index < -0.39 is 22.8 Å². The second kappa shape index (κ2) is 3.96. The molecule has 2 rings (SSSR count). The van der Waals surface area contributed by atoms with Gasteiger partial charge in [-0.1, -0.05) is 6.42 Å². The number of nitrogens with two attached hydrogens (primary N) is 1. The molecule has 2 nitrogen and oxygen atoms in total. The van der Waals surface area contributed by atoms with Crippen molar-refractivity contribution in [2.75, 3.05) is 6.54 Å². The zero-order valence-electron chi connectivity index (χ0n) is 8.56. The van der Waals surface area contributed by atoms with Crippen molar-refractivity contribution in [2.24, 2.45) is 5.73 Å². The lowest BCUT2D eigenvalue weighted by molar-refractivity contribution is 0.240. The molecule has 1 aromatic rings. The third-order valence-electron chi connectivity index (χ3n) is 3.41. The molecule has 1 saturated carbocycles. The fourth-order valence-electron chi connectivity index (χ4n) is 2.16. The van der Waals surface area contributed by atoms with Gasteiger partial charge in [0.15, 0.2) is 11.6 Å². The van der Waals surface area contributed by atoms with Crippen molar-refractivity contribution < 1.29 is 13.9 Å². The van der Waals surface area contributed by atoms with Gasteiger partial charge < -0.3 is 10.8 Å². The quantitative estimate of drug-likeness (QED) is 0.823. The van der Waals surface area contributed by atoms with Crippen LogP contribution in [0.2, 0.25) is 0 Å². The summed E-state index contributed by atoms with van der Waals surface area (Å²) in [6, 6.07) is 1.43. The maximum absolute atomic E-state index is 13.7. The van der Waals surface area contributed by atoms with Crippen molar-refractivity contribution >= 4 is 15.9 Å². The number of phenols is 1. The summed E-state index contributed by atoms with van der Waals surface area (Å²) >= 11 is 3.01. The minimum atomic E-state index is -1.20. The monoisotopic (exact) mass is 291 g/mol. The number of benzene rings is 1. The van der Waals surface area contributed by atoms with E-state index >= 15 is 0 Å². The molecule has 3 N–H and O–H groups in total. The SMILES string of the molecule is NCC1(c2cc(Br)c(O)c(F)c2F)CCC1. The molecule has 0 atom stereocenters. The number of aromatic hydroxyl groups is 1. The molecule has 0 spiro atoms. The molecule has 0 saturated heterocycles. The average molecular weight is 292 g/mol. The minimum Gasteiger partial charge on any atom is -0.504 e. The molecule has 0 bridgehead atoms. The van der Waals surface area contributed by atoms with Crippen LogP contribution in [0.3, 0.4) is 0 Å². The molecule has 0 amide bonds. The molecule has 1 fully saturated rings. The van der Waals surface area contributed by atoms with Gasteiger partial charge in [0.2, 0.25) is 5.82 Å². The molecule has 1 aromatic carbocycles. The Morgan fingerprint density at radius 2 is 2.00 bits per heavy atom. The third kappa shape index (κ3) is 1.53. The minimum absolute atomic E-state index is 0.168. The summed E-state index contributed by atoms with van der Waals surface area (Å²) in [7, 11) is 0. The first kappa shape index (κ1) is 11.8. The van der Waals surface area contributed by atoms with Crippen molar-refractivity contribution in [3.05, 3.63) is 27.7 Å². The Balaban J connectivity index is 2.57. The van der Waals surface area contributed by atoms with Crippen molar-refractivity contribution in [3.8, 4) is 5.75 Å². The molecule has 0 aromatic heterocycles. The summed E-state index contributed by atoms with van der Waals surface area (Å²) in [5.41, 5.74) is 5.45. The first-order valence-corrected chi connectivity index (χ1v) is 5.88. The lowest BCUT2D eigenvalue weighted by Gasteiger charge is -2.41. The van der Waals surface area contributed by atoms with Gasteiger partial charge in [-0.3, -0.25) is 0 Å². The molecule has 16 heavy (non-hydrogen) atoms. The van der Waals surface area contributed by atoms with Crippen LogP contribution >= 0.6 is 15.9 Å². The fraction of sp³-hybridized carbons (Fsp3) is 0.455. The smallest absolute Gasteiger partial charge is 0.201 e. The van der Waals surface area contributed by atoms with Gasteiger partial charge in [-0.2, -0.15) is 4.39 Å². The molecule has 88 valence electrons. The average Bonchev–Trinajstić information content (AvgIpc) is 2.21.